The van der Waals surface area contributed by atoms with Gasteiger partial charge in [0.15, 0.2) is 0 Å². The molecular formula is C20H26ClN3O2. The second-order valence-corrected chi connectivity index (χ2v) is 8.03. The average molecular weight is 376 g/mol. The van der Waals surface area contributed by atoms with Crippen molar-refractivity contribution in [3.05, 3.63) is 62.0 Å². The number of H-pyrrole nitrogens is 1. The number of carbonyl (C=O) groups excluding carboxylic acids is 1. The SMILES string of the molecule is CNc1cc(Cc2ccc(Cl)cc2C(=O)N(C)C)c(=O)[nH]c1C(C)(C)C. The number of anilines is 1. The van der Waals surface area contributed by atoms with Gasteiger partial charge in [-0.3, -0.25) is 9.59 Å². The van der Waals surface area contributed by atoms with Crippen LogP contribution >= 0.6 is 11.6 Å². The molecule has 0 bridgehead atoms. The summed E-state index contributed by atoms with van der Waals surface area (Å²) < 4.78 is 0. The maximum absolute atomic E-state index is 12.6. The van der Waals surface area contributed by atoms with E-state index in [1.54, 1.807) is 32.3 Å². The lowest BCUT2D eigenvalue weighted by Gasteiger charge is -2.23. The van der Waals surface area contributed by atoms with E-state index in [0.717, 1.165) is 16.9 Å². The number of amides is 1. The van der Waals surface area contributed by atoms with E-state index in [2.05, 4.69) is 10.3 Å². The summed E-state index contributed by atoms with van der Waals surface area (Å²) in [4.78, 5) is 29.6. The molecule has 5 nitrogen and oxygen atoms in total. The van der Waals surface area contributed by atoms with Gasteiger partial charge in [-0.25, -0.2) is 0 Å². The number of benzene rings is 1. The van der Waals surface area contributed by atoms with Gasteiger partial charge in [0.25, 0.3) is 11.5 Å². The van der Waals surface area contributed by atoms with E-state index in [1.165, 1.54) is 4.90 Å². The number of carbonyl (C=O) groups is 1. The number of aromatic amines is 1. The van der Waals surface area contributed by atoms with Crippen molar-refractivity contribution in [1.82, 2.24) is 9.88 Å². The molecule has 2 rings (SSSR count). The van der Waals surface area contributed by atoms with Gasteiger partial charge < -0.3 is 15.2 Å². The predicted octanol–water partition coefficient (Wildman–Crippen LogP) is 3.66. The average Bonchev–Trinajstić information content (AvgIpc) is 2.56. The molecule has 0 unspecified atom stereocenters. The topological polar surface area (TPSA) is 65.2 Å². The minimum absolute atomic E-state index is 0.140. The number of rotatable bonds is 4. The van der Waals surface area contributed by atoms with E-state index in [4.69, 9.17) is 11.6 Å². The molecule has 0 spiro atoms. The fourth-order valence-corrected chi connectivity index (χ4v) is 3.01. The van der Waals surface area contributed by atoms with Gasteiger partial charge in [-0.05, 0) is 23.8 Å². The van der Waals surface area contributed by atoms with Gasteiger partial charge in [0.1, 0.15) is 0 Å². The van der Waals surface area contributed by atoms with Gasteiger partial charge in [0.2, 0.25) is 0 Å². The van der Waals surface area contributed by atoms with Crippen molar-refractivity contribution >= 4 is 23.2 Å². The highest BCUT2D eigenvalue weighted by atomic mass is 35.5. The first kappa shape index (κ1) is 20.0. The van der Waals surface area contributed by atoms with Crippen LogP contribution < -0.4 is 10.9 Å². The molecule has 1 amide bonds. The van der Waals surface area contributed by atoms with Crippen LogP contribution in [0.3, 0.4) is 0 Å². The van der Waals surface area contributed by atoms with Crippen LogP contribution in [0.15, 0.2) is 29.1 Å². The Kier molecular flexibility index (Phi) is 5.81. The van der Waals surface area contributed by atoms with Gasteiger partial charge in [-0.1, -0.05) is 38.4 Å². The number of halogens is 1. The number of nitrogens with one attached hydrogen (secondary N) is 2. The number of pyridine rings is 1. The van der Waals surface area contributed by atoms with E-state index in [1.807, 2.05) is 33.9 Å². The van der Waals surface area contributed by atoms with Crippen LogP contribution in [-0.4, -0.2) is 36.9 Å². The lowest BCUT2D eigenvalue weighted by Crippen LogP contribution is -2.25. The lowest BCUT2D eigenvalue weighted by molar-refractivity contribution is 0.0826. The van der Waals surface area contributed by atoms with E-state index in [9.17, 15) is 9.59 Å². The predicted molar refractivity (Wildman–Crippen MR) is 108 cm³/mol. The second kappa shape index (κ2) is 7.54. The van der Waals surface area contributed by atoms with Crippen LogP contribution in [0, 0.1) is 0 Å². The molecule has 140 valence electrons. The minimum atomic E-state index is -0.192. The zero-order valence-corrected chi connectivity index (χ0v) is 16.9. The van der Waals surface area contributed by atoms with E-state index < -0.39 is 0 Å². The van der Waals surface area contributed by atoms with Crippen molar-refractivity contribution < 1.29 is 4.79 Å². The summed E-state index contributed by atoms with van der Waals surface area (Å²) in [7, 11) is 5.21. The molecular weight excluding hydrogens is 350 g/mol. The number of nitrogens with zero attached hydrogens (tertiary/aromatic N) is 1. The Labute approximate surface area is 159 Å². The van der Waals surface area contributed by atoms with E-state index >= 15 is 0 Å². The van der Waals surface area contributed by atoms with Gasteiger partial charge in [0, 0.05) is 54.8 Å². The van der Waals surface area contributed by atoms with Crippen LogP contribution in [0.1, 0.15) is 48.0 Å². The Balaban J connectivity index is 2.53. The van der Waals surface area contributed by atoms with Gasteiger partial charge in [0.05, 0.1) is 5.69 Å². The highest BCUT2D eigenvalue weighted by Crippen LogP contribution is 2.27. The first-order valence-electron chi connectivity index (χ1n) is 8.49. The van der Waals surface area contributed by atoms with Crippen LogP contribution in [-0.2, 0) is 11.8 Å². The zero-order valence-electron chi connectivity index (χ0n) is 16.2. The number of hydrogen-bond acceptors (Lipinski definition) is 3. The Morgan fingerprint density at radius 1 is 1.19 bits per heavy atom. The van der Waals surface area contributed by atoms with E-state index in [0.29, 0.717) is 22.6 Å². The van der Waals surface area contributed by atoms with Crippen molar-refractivity contribution in [2.45, 2.75) is 32.6 Å². The normalized spacial score (nSPS) is 11.3. The Hall–Kier alpha value is -2.27. The van der Waals surface area contributed by atoms with Crippen LogP contribution in [0.4, 0.5) is 5.69 Å². The van der Waals surface area contributed by atoms with Gasteiger partial charge >= 0.3 is 0 Å². The van der Waals surface area contributed by atoms with Crippen molar-refractivity contribution in [3.63, 3.8) is 0 Å². The molecule has 2 N–H and O–H groups in total. The van der Waals surface area contributed by atoms with Crippen molar-refractivity contribution in [1.29, 1.82) is 0 Å². The highest BCUT2D eigenvalue weighted by Gasteiger charge is 2.21. The lowest BCUT2D eigenvalue weighted by atomic mass is 9.89. The van der Waals surface area contributed by atoms with Gasteiger partial charge in [-0.15, -0.1) is 0 Å². The summed E-state index contributed by atoms with van der Waals surface area (Å²) >= 11 is 6.07. The number of aromatic nitrogens is 1. The van der Waals surface area contributed by atoms with Crippen molar-refractivity contribution in [2.75, 3.05) is 26.5 Å². The molecule has 0 radical (unpaired) electrons. The van der Waals surface area contributed by atoms with E-state index in [-0.39, 0.29) is 16.9 Å². The summed E-state index contributed by atoms with van der Waals surface area (Å²) in [6, 6.07) is 7.04. The Morgan fingerprint density at radius 2 is 1.85 bits per heavy atom. The van der Waals surface area contributed by atoms with Gasteiger partial charge in [-0.2, -0.15) is 0 Å². The fourth-order valence-electron chi connectivity index (χ4n) is 2.84. The maximum Gasteiger partial charge on any atom is 0.253 e. The maximum atomic E-state index is 12.6. The molecule has 0 aliphatic rings. The van der Waals surface area contributed by atoms with Crippen molar-refractivity contribution in [3.8, 4) is 0 Å². The molecule has 0 saturated heterocycles. The summed E-state index contributed by atoms with van der Waals surface area (Å²) in [5, 5.41) is 3.65. The molecule has 1 aromatic carbocycles. The third kappa shape index (κ3) is 4.28. The Bertz CT molecular complexity index is 880. The standard InChI is InChI=1S/C20H26ClN3O2/c1-20(2,3)17-16(22-4)10-13(18(25)23-17)9-12-7-8-14(21)11-15(12)19(26)24(5)6/h7-8,10-11,22H,9H2,1-6H3,(H,23,25). The highest BCUT2D eigenvalue weighted by molar-refractivity contribution is 6.31. The molecule has 26 heavy (non-hydrogen) atoms. The molecule has 1 aromatic heterocycles. The molecule has 2 aromatic rings. The molecule has 0 aliphatic carbocycles. The first-order chi connectivity index (χ1) is 12.0. The summed E-state index contributed by atoms with van der Waals surface area (Å²) in [5.74, 6) is -0.140. The molecule has 0 fully saturated rings. The molecule has 0 aliphatic heterocycles. The first-order valence-corrected chi connectivity index (χ1v) is 8.87. The largest absolute Gasteiger partial charge is 0.387 e. The van der Waals surface area contributed by atoms with Crippen LogP contribution in [0.5, 0.6) is 0 Å². The summed E-state index contributed by atoms with van der Waals surface area (Å²) in [5.41, 5.74) is 3.26. The minimum Gasteiger partial charge on any atom is -0.387 e. The fraction of sp³-hybridized carbons (Fsp3) is 0.400. The third-order valence-electron chi connectivity index (χ3n) is 4.23. The molecule has 1 heterocycles. The molecule has 0 atom stereocenters. The monoisotopic (exact) mass is 375 g/mol. The summed E-state index contributed by atoms with van der Waals surface area (Å²) in [6.45, 7) is 6.14. The molecule has 0 saturated carbocycles. The molecule has 6 heteroatoms. The number of hydrogen-bond donors (Lipinski definition) is 2. The zero-order chi connectivity index (χ0) is 19.6. The quantitative estimate of drug-likeness (QED) is 0.857. The smallest absolute Gasteiger partial charge is 0.253 e. The Morgan fingerprint density at radius 3 is 2.38 bits per heavy atom. The van der Waals surface area contributed by atoms with Crippen LogP contribution in [0.2, 0.25) is 5.02 Å². The van der Waals surface area contributed by atoms with Crippen LogP contribution in [0.25, 0.3) is 0 Å². The van der Waals surface area contributed by atoms with Crippen molar-refractivity contribution in [2.24, 2.45) is 0 Å². The second-order valence-electron chi connectivity index (χ2n) is 7.59. The third-order valence-corrected chi connectivity index (χ3v) is 4.46. The summed E-state index contributed by atoms with van der Waals surface area (Å²) in [6.07, 6.45) is 0.348.